The van der Waals surface area contributed by atoms with E-state index in [0.717, 1.165) is 12.8 Å². The molecule has 3 rings (SSSR count). The quantitative estimate of drug-likeness (QED) is 0.797. The normalized spacial score (nSPS) is 29.8. The first-order valence-corrected chi connectivity index (χ1v) is 6.52. The molecule has 1 aromatic rings. The largest absolute Gasteiger partial charge is 0.480 e. The van der Waals surface area contributed by atoms with Gasteiger partial charge in [-0.25, -0.2) is 0 Å². The van der Waals surface area contributed by atoms with Crippen LogP contribution in [-0.4, -0.2) is 48.4 Å². The molecule has 3 heterocycles. The Labute approximate surface area is 111 Å². The standard InChI is InChI=1S/C13H17N3O3/c1-18-12-3-2-11(15-16-12)13(17)8-4-9-6-19-7-10(5-8)14-9/h2-3,8-10,14H,4-7H2,1H3. The lowest BCUT2D eigenvalue weighted by molar-refractivity contribution is 0.00941. The molecule has 2 aliphatic rings. The number of nitrogens with one attached hydrogen (secondary N) is 1. The smallest absolute Gasteiger partial charge is 0.233 e. The summed E-state index contributed by atoms with van der Waals surface area (Å²) in [5.41, 5.74) is 0.423. The number of hydrogen-bond donors (Lipinski definition) is 1. The SMILES string of the molecule is COc1ccc(C(=O)C2CC3COCC(C2)N3)nn1. The van der Waals surface area contributed by atoms with Crippen LogP contribution >= 0.6 is 0 Å². The second-order valence-corrected chi connectivity index (χ2v) is 5.09. The van der Waals surface area contributed by atoms with Crippen LogP contribution in [0.2, 0.25) is 0 Å². The number of hydrogen-bond acceptors (Lipinski definition) is 6. The summed E-state index contributed by atoms with van der Waals surface area (Å²) in [6.45, 7) is 1.38. The van der Waals surface area contributed by atoms with Gasteiger partial charge in [0.2, 0.25) is 5.88 Å². The lowest BCUT2D eigenvalue weighted by Crippen LogP contribution is -2.55. The maximum Gasteiger partial charge on any atom is 0.233 e. The molecule has 0 amide bonds. The van der Waals surface area contributed by atoms with Crippen LogP contribution in [-0.2, 0) is 4.74 Å². The van der Waals surface area contributed by atoms with Crippen molar-refractivity contribution in [3.05, 3.63) is 17.8 Å². The summed E-state index contributed by atoms with van der Waals surface area (Å²) < 4.78 is 10.4. The van der Waals surface area contributed by atoms with Crippen molar-refractivity contribution in [1.29, 1.82) is 0 Å². The fourth-order valence-corrected chi connectivity index (χ4v) is 2.82. The van der Waals surface area contributed by atoms with Crippen molar-refractivity contribution < 1.29 is 14.3 Å². The fraction of sp³-hybridized carbons (Fsp3) is 0.615. The fourth-order valence-electron chi connectivity index (χ4n) is 2.82. The highest BCUT2D eigenvalue weighted by atomic mass is 16.5. The molecule has 2 atom stereocenters. The number of nitrogens with zero attached hydrogens (tertiary/aromatic N) is 2. The highest BCUT2D eigenvalue weighted by Crippen LogP contribution is 2.26. The van der Waals surface area contributed by atoms with Gasteiger partial charge in [-0.3, -0.25) is 4.79 Å². The van der Waals surface area contributed by atoms with Crippen molar-refractivity contribution in [3.8, 4) is 5.88 Å². The third-order valence-electron chi connectivity index (χ3n) is 3.72. The number of methoxy groups -OCH3 is 1. The van der Waals surface area contributed by atoms with Gasteiger partial charge in [-0.15, -0.1) is 10.2 Å². The summed E-state index contributed by atoms with van der Waals surface area (Å²) in [5.74, 6) is 0.517. The summed E-state index contributed by atoms with van der Waals surface area (Å²) in [6, 6.07) is 3.92. The minimum atomic E-state index is 0.0165. The monoisotopic (exact) mass is 263 g/mol. The predicted octanol–water partition coefficient (Wildman–Crippen LogP) is 0.435. The molecular formula is C13H17N3O3. The maximum absolute atomic E-state index is 12.4. The van der Waals surface area contributed by atoms with Crippen LogP contribution in [0.5, 0.6) is 5.88 Å². The van der Waals surface area contributed by atoms with E-state index in [1.807, 2.05) is 0 Å². The topological polar surface area (TPSA) is 73.3 Å². The van der Waals surface area contributed by atoms with Crippen molar-refractivity contribution in [3.63, 3.8) is 0 Å². The molecule has 0 spiro atoms. The molecule has 0 aliphatic carbocycles. The zero-order valence-corrected chi connectivity index (χ0v) is 10.8. The summed E-state index contributed by atoms with van der Waals surface area (Å²) in [4.78, 5) is 12.4. The molecular weight excluding hydrogens is 246 g/mol. The summed E-state index contributed by atoms with van der Waals surface area (Å²) in [5, 5.41) is 11.3. The Morgan fingerprint density at radius 3 is 2.63 bits per heavy atom. The van der Waals surface area contributed by atoms with Crippen LogP contribution in [0.4, 0.5) is 0 Å². The second kappa shape index (κ2) is 5.22. The molecule has 2 saturated heterocycles. The minimum Gasteiger partial charge on any atom is -0.480 e. The van der Waals surface area contributed by atoms with Gasteiger partial charge in [0.25, 0.3) is 0 Å². The number of fused-ring (bicyclic) bond motifs is 2. The molecule has 0 saturated carbocycles. The van der Waals surface area contributed by atoms with Gasteiger partial charge in [-0.05, 0) is 18.9 Å². The third-order valence-corrected chi connectivity index (χ3v) is 3.72. The molecule has 0 radical (unpaired) electrons. The lowest BCUT2D eigenvalue weighted by atomic mass is 9.83. The average molecular weight is 263 g/mol. The van der Waals surface area contributed by atoms with E-state index < -0.39 is 0 Å². The number of carbonyl (C=O) groups excluding carboxylic acids is 1. The molecule has 19 heavy (non-hydrogen) atoms. The van der Waals surface area contributed by atoms with Crippen molar-refractivity contribution in [2.24, 2.45) is 5.92 Å². The first-order valence-electron chi connectivity index (χ1n) is 6.52. The summed E-state index contributed by atoms with van der Waals surface area (Å²) in [6.07, 6.45) is 1.62. The maximum atomic E-state index is 12.4. The zero-order valence-electron chi connectivity index (χ0n) is 10.8. The molecule has 1 N–H and O–H groups in total. The Balaban J connectivity index is 1.72. The van der Waals surface area contributed by atoms with Gasteiger partial charge in [0.15, 0.2) is 5.78 Å². The third kappa shape index (κ3) is 2.59. The summed E-state index contributed by atoms with van der Waals surface area (Å²) in [7, 11) is 1.53. The Bertz CT molecular complexity index is 451. The van der Waals surface area contributed by atoms with E-state index in [2.05, 4.69) is 15.5 Å². The Hall–Kier alpha value is -1.53. The number of aromatic nitrogens is 2. The molecule has 2 unspecified atom stereocenters. The van der Waals surface area contributed by atoms with Crippen LogP contribution in [0.1, 0.15) is 23.3 Å². The number of morpholine rings is 1. The highest BCUT2D eigenvalue weighted by Gasteiger charge is 2.36. The molecule has 1 aromatic heterocycles. The van der Waals surface area contributed by atoms with Crippen molar-refractivity contribution in [2.75, 3.05) is 20.3 Å². The Morgan fingerprint density at radius 2 is 2.05 bits per heavy atom. The number of ether oxygens (including phenoxy) is 2. The molecule has 102 valence electrons. The van der Waals surface area contributed by atoms with Gasteiger partial charge < -0.3 is 14.8 Å². The van der Waals surface area contributed by atoms with E-state index in [9.17, 15) is 4.79 Å². The van der Waals surface area contributed by atoms with Crippen LogP contribution < -0.4 is 10.1 Å². The molecule has 6 heteroatoms. The molecule has 2 bridgehead atoms. The van der Waals surface area contributed by atoms with Gasteiger partial charge >= 0.3 is 0 Å². The van der Waals surface area contributed by atoms with E-state index in [4.69, 9.17) is 9.47 Å². The van der Waals surface area contributed by atoms with Gasteiger partial charge in [-0.2, -0.15) is 0 Å². The van der Waals surface area contributed by atoms with Gasteiger partial charge in [0.05, 0.1) is 20.3 Å². The van der Waals surface area contributed by atoms with E-state index in [-0.39, 0.29) is 23.8 Å². The second-order valence-electron chi connectivity index (χ2n) is 5.09. The lowest BCUT2D eigenvalue weighted by Gasteiger charge is -2.39. The van der Waals surface area contributed by atoms with Crippen LogP contribution in [0.3, 0.4) is 0 Å². The van der Waals surface area contributed by atoms with Crippen LogP contribution in [0, 0.1) is 5.92 Å². The Morgan fingerprint density at radius 1 is 1.32 bits per heavy atom. The van der Waals surface area contributed by atoms with Crippen molar-refractivity contribution >= 4 is 5.78 Å². The number of rotatable bonds is 3. The average Bonchev–Trinajstić information content (AvgIpc) is 2.46. The van der Waals surface area contributed by atoms with Crippen molar-refractivity contribution in [2.45, 2.75) is 24.9 Å². The van der Waals surface area contributed by atoms with E-state index >= 15 is 0 Å². The predicted molar refractivity (Wildman–Crippen MR) is 67.2 cm³/mol. The number of ketones is 1. The van der Waals surface area contributed by atoms with E-state index in [0.29, 0.717) is 24.8 Å². The van der Waals surface area contributed by atoms with E-state index in [1.165, 1.54) is 7.11 Å². The van der Waals surface area contributed by atoms with Crippen LogP contribution in [0.15, 0.2) is 12.1 Å². The molecule has 0 aromatic carbocycles. The van der Waals surface area contributed by atoms with Gasteiger partial charge in [0.1, 0.15) is 5.69 Å². The van der Waals surface area contributed by atoms with Gasteiger partial charge in [-0.1, -0.05) is 0 Å². The van der Waals surface area contributed by atoms with Gasteiger partial charge in [0, 0.05) is 24.1 Å². The number of piperidine rings is 1. The minimum absolute atomic E-state index is 0.0165. The number of Topliss-reactive ketones (excluding diaryl/α,β-unsaturated/α-hetero) is 1. The Kier molecular flexibility index (Phi) is 3.44. The summed E-state index contributed by atoms with van der Waals surface area (Å²) >= 11 is 0. The number of carbonyl (C=O) groups is 1. The molecule has 2 aliphatic heterocycles. The van der Waals surface area contributed by atoms with Crippen molar-refractivity contribution in [1.82, 2.24) is 15.5 Å². The zero-order chi connectivity index (χ0) is 13.2. The molecule has 2 fully saturated rings. The highest BCUT2D eigenvalue weighted by molar-refractivity contribution is 5.96. The van der Waals surface area contributed by atoms with Crippen LogP contribution in [0.25, 0.3) is 0 Å². The molecule has 6 nitrogen and oxygen atoms in total. The first-order chi connectivity index (χ1) is 9.26. The van der Waals surface area contributed by atoms with E-state index in [1.54, 1.807) is 12.1 Å². The first kappa shape index (κ1) is 12.5.